The number of nitriles is 1. The summed E-state index contributed by atoms with van der Waals surface area (Å²) in [4.78, 5) is 17.9. The molecular weight excluding hydrogens is 439 g/mol. The van der Waals surface area contributed by atoms with Crippen LogP contribution in [0.5, 0.6) is 0 Å². The van der Waals surface area contributed by atoms with Gasteiger partial charge in [-0.2, -0.15) is 5.26 Å². The topological polar surface area (TPSA) is 59.4 Å². The standard InChI is InChI=1S/C29H37FN4O/c1-20(2)33(21(3)4)14-15-34(28(35)32-26-10-8-25(30)9-11-26)27-12-13-29(18-24(29)17-27)23-7-5-6-22(16-23)19-31/h5-11,16,20-21,24,27H,12-15,17-18H2,1-4H3,(H,32,35)/t24?,27?,29-/m1/s1. The summed E-state index contributed by atoms with van der Waals surface area (Å²) in [6.07, 6.45) is 4.05. The molecule has 2 unspecified atom stereocenters. The van der Waals surface area contributed by atoms with Gasteiger partial charge < -0.3 is 10.2 Å². The van der Waals surface area contributed by atoms with E-state index in [1.807, 2.05) is 23.1 Å². The van der Waals surface area contributed by atoms with Crippen molar-refractivity contribution in [1.82, 2.24) is 9.80 Å². The van der Waals surface area contributed by atoms with Crippen LogP contribution in [-0.4, -0.2) is 47.0 Å². The molecule has 0 spiro atoms. The summed E-state index contributed by atoms with van der Waals surface area (Å²) in [6, 6.07) is 17.1. The van der Waals surface area contributed by atoms with Crippen LogP contribution < -0.4 is 5.32 Å². The molecule has 186 valence electrons. The molecule has 2 aliphatic rings. The first-order chi connectivity index (χ1) is 16.7. The van der Waals surface area contributed by atoms with Gasteiger partial charge in [-0.15, -0.1) is 0 Å². The second-order valence-electron chi connectivity index (χ2n) is 10.7. The maximum atomic E-state index is 13.5. The number of hydrogen-bond donors (Lipinski definition) is 1. The predicted molar refractivity (Wildman–Crippen MR) is 138 cm³/mol. The van der Waals surface area contributed by atoms with Crippen LogP contribution in [0.2, 0.25) is 0 Å². The zero-order valence-electron chi connectivity index (χ0n) is 21.3. The molecule has 4 rings (SSSR count). The highest BCUT2D eigenvalue weighted by molar-refractivity contribution is 5.89. The van der Waals surface area contributed by atoms with Crippen LogP contribution >= 0.6 is 0 Å². The zero-order valence-corrected chi connectivity index (χ0v) is 21.3. The zero-order chi connectivity index (χ0) is 25.2. The summed E-state index contributed by atoms with van der Waals surface area (Å²) in [5, 5.41) is 12.3. The van der Waals surface area contributed by atoms with Crippen molar-refractivity contribution in [1.29, 1.82) is 5.26 Å². The number of carbonyl (C=O) groups excluding carboxylic acids is 1. The SMILES string of the molecule is CC(C)N(CCN(C(=O)Nc1ccc(F)cc1)C1CC[C@]2(c3cccc(C#N)c3)CC2C1)C(C)C. The van der Waals surface area contributed by atoms with Crippen LogP contribution in [0.25, 0.3) is 0 Å². The van der Waals surface area contributed by atoms with Crippen molar-refractivity contribution in [2.45, 2.75) is 76.9 Å². The van der Waals surface area contributed by atoms with Crippen LogP contribution in [0.3, 0.4) is 0 Å². The number of amides is 2. The molecule has 0 saturated heterocycles. The quantitative estimate of drug-likeness (QED) is 0.496. The molecule has 35 heavy (non-hydrogen) atoms. The van der Waals surface area contributed by atoms with Crippen molar-refractivity contribution >= 4 is 11.7 Å². The molecule has 0 bridgehead atoms. The fourth-order valence-corrected chi connectivity index (χ4v) is 6.06. The van der Waals surface area contributed by atoms with Crippen LogP contribution in [0.15, 0.2) is 48.5 Å². The molecule has 0 aliphatic heterocycles. The highest BCUT2D eigenvalue weighted by atomic mass is 19.1. The summed E-state index contributed by atoms with van der Waals surface area (Å²) >= 11 is 0. The van der Waals surface area contributed by atoms with Gasteiger partial charge in [0, 0.05) is 36.9 Å². The van der Waals surface area contributed by atoms with Gasteiger partial charge in [0.2, 0.25) is 0 Å². The lowest BCUT2D eigenvalue weighted by Gasteiger charge is -2.39. The molecule has 2 amide bonds. The Morgan fingerprint density at radius 1 is 1.14 bits per heavy atom. The fraction of sp³-hybridized carbons (Fsp3) is 0.517. The number of carbonyl (C=O) groups is 1. The number of benzene rings is 2. The number of anilines is 1. The first-order valence-corrected chi connectivity index (χ1v) is 12.8. The average Bonchev–Trinajstić information content (AvgIpc) is 3.58. The Balaban J connectivity index is 1.49. The third-order valence-electron chi connectivity index (χ3n) is 8.00. The molecule has 6 heteroatoms. The number of rotatable bonds is 8. The highest BCUT2D eigenvalue weighted by Gasteiger charge is 2.58. The number of urea groups is 1. The number of nitrogens with zero attached hydrogens (tertiary/aromatic N) is 3. The van der Waals surface area contributed by atoms with Crippen molar-refractivity contribution in [3.05, 3.63) is 65.5 Å². The van der Waals surface area contributed by atoms with Crippen molar-refractivity contribution < 1.29 is 9.18 Å². The van der Waals surface area contributed by atoms with E-state index >= 15 is 0 Å². The van der Waals surface area contributed by atoms with E-state index in [4.69, 9.17) is 0 Å². The minimum Gasteiger partial charge on any atom is -0.320 e. The van der Waals surface area contributed by atoms with Crippen LogP contribution in [0.1, 0.15) is 64.5 Å². The minimum absolute atomic E-state index is 0.117. The molecule has 2 aliphatic carbocycles. The van der Waals surface area contributed by atoms with E-state index in [0.29, 0.717) is 35.8 Å². The molecule has 2 aromatic carbocycles. The highest BCUT2D eigenvalue weighted by Crippen LogP contribution is 2.62. The molecular formula is C29H37FN4O. The molecule has 0 heterocycles. The largest absolute Gasteiger partial charge is 0.322 e. The molecule has 3 atom stereocenters. The summed E-state index contributed by atoms with van der Waals surface area (Å²) in [5.41, 5.74) is 2.75. The number of fused-ring (bicyclic) bond motifs is 1. The maximum absolute atomic E-state index is 13.5. The smallest absolute Gasteiger partial charge is 0.320 e. The normalized spacial score (nSPS) is 23.2. The Bertz CT molecular complexity index is 1070. The Hall–Kier alpha value is -2.91. The fourth-order valence-electron chi connectivity index (χ4n) is 6.06. The number of hydrogen-bond acceptors (Lipinski definition) is 3. The first kappa shape index (κ1) is 25.2. The number of nitrogens with one attached hydrogen (secondary N) is 1. The second-order valence-corrected chi connectivity index (χ2v) is 10.7. The lowest BCUT2D eigenvalue weighted by atomic mass is 9.80. The van der Waals surface area contributed by atoms with Crippen LogP contribution in [0, 0.1) is 23.1 Å². The Morgan fingerprint density at radius 2 is 1.86 bits per heavy atom. The van der Waals surface area contributed by atoms with Crippen molar-refractivity contribution in [2.75, 3.05) is 18.4 Å². The molecule has 2 fully saturated rings. The third-order valence-corrected chi connectivity index (χ3v) is 8.00. The lowest BCUT2D eigenvalue weighted by Crippen LogP contribution is -2.50. The van der Waals surface area contributed by atoms with Gasteiger partial charge in [0.25, 0.3) is 0 Å². The summed E-state index contributed by atoms with van der Waals surface area (Å²) in [5.74, 6) is 0.213. The van der Waals surface area contributed by atoms with Gasteiger partial charge in [0.1, 0.15) is 5.82 Å². The molecule has 0 aromatic heterocycles. The monoisotopic (exact) mass is 476 g/mol. The molecule has 2 saturated carbocycles. The molecule has 5 nitrogen and oxygen atoms in total. The Morgan fingerprint density at radius 3 is 2.49 bits per heavy atom. The minimum atomic E-state index is -0.317. The van der Waals surface area contributed by atoms with Gasteiger partial charge in [0.15, 0.2) is 0 Å². The van der Waals surface area contributed by atoms with Gasteiger partial charge in [0.05, 0.1) is 11.6 Å². The second kappa shape index (κ2) is 10.4. The van der Waals surface area contributed by atoms with E-state index in [2.05, 4.69) is 50.0 Å². The molecule has 2 aromatic rings. The van der Waals surface area contributed by atoms with Gasteiger partial charge in [-0.3, -0.25) is 4.90 Å². The predicted octanol–water partition coefficient (Wildman–Crippen LogP) is 6.16. The summed E-state index contributed by atoms with van der Waals surface area (Å²) in [6.45, 7) is 10.2. The van der Waals surface area contributed by atoms with E-state index in [1.54, 1.807) is 12.1 Å². The third kappa shape index (κ3) is 5.51. The van der Waals surface area contributed by atoms with E-state index in [9.17, 15) is 14.4 Å². The lowest BCUT2D eigenvalue weighted by molar-refractivity contribution is 0.120. The van der Waals surface area contributed by atoms with Crippen LogP contribution in [0.4, 0.5) is 14.9 Å². The maximum Gasteiger partial charge on any atom is 0.322 e. The van der Waals surface area contributed by atoms with E-state index in [0.717, 1.165) is 32.2 Å². The average molecular weight is 477 g/mol. The first-order valence-electron chi connectivity index (χ1n) is 12.8. The van der Waals surface area contributed by atoms with Crippen molar-refractivity contribution in [3.8, 4) is 6.07 Å². The Kier molecular flexibility index (Phi) is 7.47. The van der Waals surface area contributed by atoms with Crippen LogP contribution in [-0.2, 0) is 5.41 Å². The van der Waals surface area contributed by atoms with Gasteiger partial charge in [-0.05, 0) is 107 Å². The van der Waals surface area contributed by atoms with Crippen molar-refractivity contribution in [3.63, 3.8) is 0 Å². The molecule has 1 N–H and O–H groups in total. The Labute approximate surface area is 208 Å². The van der Waals surface area contributed by atoms with Gasteiger partial charge in [-0.1, -0.05) is 12.1 Å². The van der Waals surface area contributed by atoms with E-state index in [1.165, 1.54) is 17.7 Å². The molecule has 0 radical (unpaired) electrons. The van der Waals surface area contributed by atoms with E-state index < -0.39 is 0 Å². The summed E-state index contributed by atoms with van der Waals surface area (Å²) < 4.78 is 13.4. The van der Waals surface area contributed by atoms with Crippen molar-refractivity contribution in [2.24, 2.45) is 5.92 Å². The number of halogens is 1. The van der Waals surface area contributed by atoms with Gasteiger partial charge >= 0.3 is 6.03 Å². The van der Waals surface area contributed by atoms with E-state index in [-0.39, 0.29) is 23.3 Å². The summed E-state index contributed by atoms with van der Waals surface area (Å²) in [7, 11) is 0. The van der Waals surface area contributed by atoms with Gasteiger partial charge in [-0.25, -0.2) is 9.18 Å².